The molecule has 34 heavy (non-hydrogen) atoms. The van der Waals surface area contributed by atoms with Gasteiger partial charge < -0.3 is 0 Å². The summed E-state index contributed by atoms with van der Waals surface area (Å²) in [6.45, 7) is 14.1. The van der Waals surface area contributed by atoms with E-state index in [-0.39, 0.29) is 5.41 Å². The summed E-state index contributed by atoms with van der Waals surface area (Å²) >= 11 is 0. The van der Waals surface area contributed by atoms with Crippen LogP contribution in [0.4, 0.5) is 0 Å². The maximum Gasteiger partial charge on any atom is 0.286 e. The van der Waals surface area contributed by atoms with Crippen LogP contribution < -0.4 is 4.57 Å². The molecule has 2 heteroatoms. The van der Waals surface area contributed by atoms with E-state index in [1.165, 1.54) is 70.9 Å². The fourth-order valence-electron chi connectivity index (χ4n) is 6.36. The normalized spacial score (nSPS) is 15.6. The minimum atomic E-state index is 0.105. The van der Waals surface area contributed by atoms with E-state index in [0.29, 0.717) is 11.8 Å². The van der Waals surface area contributed by atoms with Crippen molar-refractivity contribution < 1.29 is 4.57 Å². The predicted molar refractivity (Wildman–Crippen MR) is 145 cm³/mol. The van der Waals surface area contributed by atoms with E-state index in [4.69, 9.17) is 0 Å². The van der Waals surface area contributed by atoms with Crippen molar-refractivity contribution in [3.05, 3.63) is 70.9 Å². The van der Waals surface area contributed by atoms with Crippen molar-refractivity contribution in [3.63, 3.8) is 0 Å². The average molecular weight is 454 g/mol. The lowest BCUT2D eigenvalue weighted by Crippen LogP contribution is -2.34. The fraction of sp³-hybridized carbons (Fsp3) is 0.469. The van der Waals surface area contributed by atoms with Gasteiger partial charge in [0, 0.05) is 22.4 Å². The Morgan fingerprint density at radius 1 is 0.941 bits per heavy atom. The van der Waals surface area contributed by atoms with E-state index in [1.54, 1.807) is 11.1 Å². The molecule has 0 radical (unpaired) electrons. The number of aromatic nitrogens is 2. The topological polar surface area (TPSA) is 8.81 Å². The van der Waals surface area contributed by atoms with Crippen LogP contribution in [0.5, 0.6) is 0 Å². The van der Waals surface area contributed by atoms with Crippen molar-refractivity contribution in [3.8, 4) is 5.82 Å². The molecule has 0 amide bonds. The first-order valence-electron chi connectivity index (χ1n) is 13.3. The van der Waals surface area contributed by atoms with E-state index in [9.17, 15) is 0 Å². The SMILES string of the molecule is Cc1c(C(C)C)c(C2CCCCC2)cc2c3ccccc3n(-c3cc(C(C)(C)C)cc[n+]3C)c12. The molecule has 4 aromatic rings. The van der Waals surface area contributed by atoms with Gasteiger partial charge >= 0.3 is 0 Å². The van der Waals surface area contributed by atoms with Gasteiger partial charge in [-0.3, -0.25) is 0 Å². The van der Waals surface area contributed by atoms with Gasteiger partial charge in [-0.25, -0.2) is 4.57 Å². The molecule has 0 bridgehead atoms. The molecule has 0 atom stereocenters. The Kier molecular flexibility index (Phi) is 5.82. The summed E-state index contributed by atoms with van der Waals surface area (Å²) in [6.07, 6.45) is 9.05. The Morgan fingerprint density at radius 3 is 2.32 bits per heavy atom. The van der Waals surface area contributed by atoms with Gasteiger partial charge in [0.2, 0.25) is 0 Å². The maximum atomic E-state index is 2.58. The molecule has 1 saturated carbocycles. The molecule has 0 saturated heterocycles. The molecule has 1 aliphatic carbocycles. The highest BCUT2D eigenvalue weighted by molar-refractivity contribution is 6.10. The van der Waals surface area contributed by atoms with Gasteiger partial charge in [-0.1, -0.05) is 66.0 Å². The lowest BCUT2D eigenvalue weighted by Gasteiger charge is -2.27. The van der Waals surface area contributed by atoms with Crippen molar-refractivity contribution in [2.75, 3.05) is 0 Å². The van der Waals surface area contributed by atoms with Crippen molar-refractivity contribution in [2.45, 2.75) is 90.9 Å². The molecule has 2 nitrogen and oxygen atoms in total. The quantitative estimate of drug-likeness (QED) is 0.275. The second-order valence-electron chi connectivity index (χ2n) is 11.9. The summed E-state index contributed by atoms with van der Waals surface area (Å²) in [7, 11) is 2.18. The van der Waals surface area contributed by atoms with E-state index < -0.39 is 0 Å². The van der Waals surface area contributed by atoms with Gasteiger partial charge in [-0.15, -0.1) is 0 Å². The van der Waals surface area contributed by atoms with Gasteiger partial charge in [0.15, 0.2) is 0 Å². The van der Waals surface area contributed by atoms with Crippen LogP contribution in [0.25, 0.3) is 27.6 Å². The molecule has 2 heterocycles. The number of rotatable bonds is 3. The van der Waals surface area contributed by atoms with Crippen LogP contribution in [0.1, 0.15) is 101 Å². The third kappa shape index (κ3) is 3.76. The maximum absolute atomic E-state index is 2.58. The molecule has 2 aromatic heterocycles. The van der Waals surface area contributed by atoms with Crippen LogP contribution in [-0.2, 0) is 12.5 Å². The Bertz CT molecular complexity index is 1360. The first-order chi connectivity index (χ1) is 16.2. The second-order valence-corrected chi connectivity index (χ2v) is 11.9. The van der Waals surface area contributed by atoms with Crippen LogP contribution in [0.2, 0.25) is 0 Å². The zero-order valence-corrected chi connectivity index (χ0v) is 22.2. The van der Waals surface area contributed by atoms with Crippen LogP contribution in [0, 0.1) is 6.92 Å². The molecule has 1 aliphatic rings. The minimum absolute atomic E-state index is 0.105. The van der Waals surface area contributed by atoms with Crippen molar-refractivity contribution in [1.29, 1.82) is 0 Å². The Morgan fingerprint density at radius 2 is 1.65 bits per heavy atom. The summed E-state index contributed by atoms with van der Waals surface area (Å²) in [5, 5.41) is 2.79. The third-order valence-electron chi connectivity index (χ3n) is 8.13. The van der Waals surface area contributed by atoms with Crippen molar-refractivity contribution in [1.82, 2.24) is 4.57 Å². The molecule has 0 spiro atoms. The molecule has 0 aliphatic heterocycles. The van der Waals surface area contributed by atoms with Gasteiger partial charge in [-0.05, 0) is 78.0 Å². The third-order valence-corrected chi connectivity index (χ3v) is 8.13. The number of pyridine rings is 1. The highest BCUT2D eigenvalue weighted by atomic mass is 15.1. The Balaban J connectivity index is 1.90. The first kappa shape index (κ1) is 23.1. The lowest BCUT2D eigenvalue weighted by molar-refractivity contribution is -0.665. The summed E-state index contributed by atoms with van der Waals surface area (Å²) in [5.74, 6) is 2.46. The summed E-state index contributed by atoms with van der Waals surface area (Å²) in [5.41, 5.74) is 8.82. The van der Waals surface area contributed by atoms with Gasteiger partial charge in [-0.2, -0.15) is 4.57 Å². The minimum Gasteiger partial charge on any atom is -0.237 e. The molecule has 0 unspecified atom stereocenters. The predicted octanol–water partition coefficient (Wildman–Crippen LogP) is 8.39. The van der Waals surface area contributed by atoms with E-state index in [2.05, 4.69) is 106 Å². The Hall–Kier alpha value is -2.61. The smallest absolute Gasteiger partial charge is 0.237 e. The van der Waals surface area contributed by atoms with Crippen LogP contribution in [0.15, 0.2) is 48.7 Å². The van der Waals surface area contributed by atoms with E-state index in [0.717, 1.165) is 0 Å². The molecule has 5 rings (SSSR count). The summed E-state index contributed by atoms with van der Waals surface area (Å²) in [4.78, 5) is 0. The fourth-order valence-corrected chi connectivity index (χ4v) is 6.36. The molecular formula is C32H41N2+. The number of aryl methyl sites for hydroxylation is 2. The van der Waals surface area contributed by atoms with E-state index >= 15 is 0 Å². The molecule has 2 aromatic carbocycles. The second kappa shape index (κ2) is 8.56. The van der Waals surface area contributed by atoms with Gasteiger partial charge in [0.1, 0.15) is 11.0 Å². The van der Waals surface area contributed by atoms with Crippen LogP contribution in [-0.4, -0.2) is 4.57 Å². The van der Waals surface area contributed by atoms with E-state index in [1.807, 2.05) is 0 Å². The van der Waals surface area contributed by atoms with Gasteiger partial charge in [0.25, 0.3) is 5.82 Å². The molecule has 178 valence electrons. The van der Waals surface area contributed by atoms with Crippen LogP contribution in [0.3, 0.4) is 0 Å². The molecule has 0 N–H and O–H groups in total. The van der Waals surface area contributed by atoms with Crippen LogP contribution >= 0.6 is 0 Å². The summed E-state index contributed by atoms with van der Waals surface area (Å²) < 4.78 is 4.82. The first-order valence-corrected chi connectivity index (χ1v) is 13.3. The largest absolute Gasteiger partial charge is 0.286 e. The monoisotopic (exact) mass is 453 g/mol. The number of para-hydroxylation sites is 1. The zero-order chi connectivity index (χ0) is 24.2. The highest BCUT2D eigenvalue weighted by Gasteiger charge is 2.29. The molecular weight excluding hydrogens is 412 g/mol. The number of fused-ring (bicyclic) bond motifs is 3. The number of nitrogens with zero attached hydrogens (tertiary/aromatic N) is 2. The number of hydrogen-bond donors (Lipinski definition) is 0. The number of hydrogen-bond acceptors (Lipinski definition) is 0. The van der Waals surface area contributed by atoms with Gasteiger partial charge in [0.05, 0.1) is 13.2 Å². The van der Waals surface area contributed by atoms with Crippen molar-refractivity contribution in [2.24, 2.45) is 7.05 Å². The standard InChI is InChI=1S/C32H41N2/c1-21(2)30-22(3)31-27(20-26(30)23-13-9-8-10-14-23)25-15-11-12-16-28(25)34(31)29-19-24(32(4,5)6)17-18-33(29)7/h11-12,15-21,23H,8-10,13-14H2,1-7H3/q+1. The Labute approximate surface area is 205 Å². The van der Waals surface area contributed by atoms with Crippen molar-refractivity contribution >= 4 is 21.8 Å². The zero-order valence-electron chi connectivity index (χ0n) is 22.2. The lowest BCUT2D eigenvalue weighted by atomic mass is 9.78. The number of benzene rings is 2. The molecule has 1 fully saturated rings. The summed E-state index contributed by atoms with van der Waals surface area (Å²) in [6, 6.07) is 16.3. The average Bonchev–Trinajstić information content (AvgIpc) is 3.13. The highest BCUT2D eigenvalue weighted by Crippen LogP contribution is 2.43.